The van der Waals surface area contributed by atoms with Crippen molar-refractivity contribution in [2.24, 2.45) is 0 Å². The number of ether oxygens (including phenoxy) is 5. The van der Waals surface area contributed by atoms with E-state index >= 15 is 0 Å². The third-order valence-corrected chi connectivity index (χ3v) is 16.2. The molecule has 0 radical (unpaired) electrons. The fraction of sp³-hybridized carbons (Fsp3) is 0.313. The number of nitrogens with zero attached hydrogens (tertiary/aromatic N) is 7. The summed E-state index contributed by atoms with van der Waals surface area (Å²) in [5.41, 5.74) is 13.0. The number of amides is 1. The second kappa shape index (κ2) is 27.4. The summed E-state index contributed by atoms with van der Waals surface area (Å²) in [7, 11) is 7.82. The Morgan fingerprint density at radius 2 is 1.41 bits per heavy atom. The zero-order valence-electron chi connectivity index (χ0n) is 50.4. The quantitative estimate of drug-likeness (QED) is 0.0937. The van der Waals surface area contributed by atoms with E-state index in [1.165, 1.54) is 22.3 Å². The minimum Gasteiger partial charge on any atom is -0.504 e. The number of hydrogen-bond acceptors (Lipinski definition) is 17. The number of aryl methyl sites for hydroxylation is 1. The van der Waals surface area contributed by atoms with E-state index in [0.29, 0.717) is 70.1 Å². The predicted molar refractivity (Wildman–Crippen MR) is 337 cm³/mol. The Kier molecular flexibility index (Phi) is 19.3. The third kappa shape index (κ3) is 15.3. The second-order valence-corrected chi connectivity index (χ2v) is 23.9. The average Bonchev–Trinajstić information content (AvgIpc) is 1.00. The lowest BCUT2D eigenvalue weighted by Crippen LogP contribution is -2.43. The van der Waals surface area contributed by atoms with Gasteiger partial charge in [0, 0.05) is 105 Å². The highest BCUT2D eigenvalue weighted by Gasteiger charge is 2.35. The molecule has 5 aliphatic heterocycles. The molecule has 0 aliphatic carbocycles. The largest absolute Gasteiger partial charge is 0.504 e. The van der Waals surface area contributed by atoms with Crippen LogP contribution >= 0.6 is 0 Å². The average molecular weight is 1200 g/mol. The smallest absolute Gasteiger partial charge is 0.261 e. The molecule has 2 aromatic heterocycles. The lowest BCUT2D eigenvalue weighted by Gasteiger charge is -2.37. The number of phenols is 1. The zero-order valence-corrected chi connectivity index (χ0v) is 51.2. The number of fused-ring (bicyclic) bond motifs is 2. The van der Waals surface area contributed by atoms with E-state index in [0.717, 1.165) is 104 Å². The van der Waals surface area contributed by atoms with Crippen LogP contribution in [-0.2, 0) is 42.3 Å². The number of methoxy groups -OCH3 is 3. The van der Waals surface area contributed by atoms with Crippen LogP contribution < -0.4 is 34.3 Å². The summed E-state index contributed by atoms with van der Waals surface area (Å²) in [6.45, 7) is 9.05. The molecule has 13 rings (SSSR count). The summed E-state index contributed by atoms with van der Waals surface area (Å²) in [4.78, 5) is 35.6. The maximum Gasteiger partial charge on any atom is 0.261 e. The van der Waals surface area contributed by atoms with E-state index in [4.69, 9.17) is 28.2 Å². The summed E-state index contributed by atoms with van der Waals surface area (Å²) in [5.74, 6) is 4.71. The summed E-state index contributed by atoms with van der Waals surface area (Å²) >= 11 is 0. The van der Waals surface area contributed by atoms with Crippen LogP contribution in [0.15, 0.2) is 140 Å². The number of phenolic OH excluding ortho intramolecular Hbond substituents is 1. The molecule has 0 unspecified atom stereocenters. The Bertz CT molecular complexity index is 3820. The standard InChI is InChI=1S/C37H40N2O6.C29H31N7O.CH4O3S/c1-38-14-12-24-19-32(41-3)33-21-27(24)28(38)16-22-6-9-26(10-7-22)44-31-18-23(8-11-30(31)40)17-29-35-25(13-15-39(29)2)20-34(42-4)36(43-5)37(35)45-33;1-21-5-10-25(18-27(21)34-29-31-13-11-26(33-29)24-4-3-12-30-19-24)32-28(37)23-8-6-22(7-9-23)20-36-16-14-35(2)15-17-36;1-5(2,3)4/h6-11,18-21,28-29,40H,12-17H2,1-5H3;3-13,18-19H,14-17,20H2,1-2H3,(H,32,37)(H,31,33,34);1H3,(H,2,3,4)/t28-,29+;;/m0../s1. The van der Waals surface area contributed by atoms with Crippen molar-refractivity contribution in [3.63, 3.8) is 0 Å². The minimum atomic E-state index is -3.67. The van der Waals surface area contributed by atoms with Gasteiger partial charge in [-0.3, -0.25) is 29.0 Å². The van der Waals surface area contributed by atoms with Crippen molar-refractivity contribution in [2.75, 3.05) is 98.6 Å². The van der Waals surface area contributed by atoms with Crippen LogP contribution in [0, 0.1) is 6.92 Å². The highest BCUT2D eigenvalue weighted by Crippen LogP contribution is 2.52. The molecular weight excluding hydrogens is 1120 g/mol. The Hall–Kier alpha value is -8.63. The highest BCUT2D eigenvalue weighted by atomic mass is 32.2. The maximum atomic E-state index is 12.9. The normalized spacial score (nSPS) is 16.8. The molecule has 454 valence electrons. The molecule has 1 saturated heterocycles. The first-order chi connectivity index (χ1) is 41.9. The Morgan fingerprint density at radius 1 is 0.724 bits per heavy atom. The first kappa shape index (κ1) is 61.5. The monoisotopic (exact) mass is 1200 g/mol. The molecular formula is C67H75N9O10S. The van der Waals surface area contributed by atoms with Crippen molar-refractivity contribution in [3.05, 3.63) is 190 Å². The number of benzene rings is 6. The molecule has 6 aromatic carbocycles. The number of rotatable bonds is 10. The van der Waals surface area contributed by atoms with Gasteiger partial charge in [0.2, 0.25) is 11.7 Å². The van der Waals surface area contributed by atoms with Gasteiger partial charge in [0.25, 0.3) is 16.0 Å². The van der Waals surface area contributed by atoms with Crippen molar-refractivity contribution >= 4 is 33.3 Å². The van der Waals surface area contributed by atoms with E-state index in [-0.39, 0.29) is 23.7 Å². The maximum absolute atomic E-state index is 12.9. The van der Waals surface area contributed by atoms with E-state index < -0.39 is 10.1 Å². The van der Waals surface area contributed by atoms with Gasteiger partial charge in [-0.05, 0) is 178 Å². The van der Waals surface area contributed by atoms with E-state index in [2.05, 4.69) is 96.7 Å². The number of nitrogens with one attached hydrogen (secondary N) is 2. The van der Waals surface area contributed by atoms with Gasteiger partial charge >= 0.3 is 0 Å². The van der Waals surface area contributed by atoms with Gasteiger partial charge in [-0.1, -0.05) is 36.4 Å². The summed E-state index contributed by atoms with van der Waals surface area (Å²) in [5, 5.41) is 17.0. The summed E-state index contributed by atoms with van der Waals surface area (Å²) in [6, 6.07) is 39.6. The number of hydrogen-bond donors (Lipinski definition) is 4. The zero-order chi connectivity index (χ0) is 61.4. The molecule has 19 nitrogen and oxygen atoms in total. The van der Waals surface area contributed by atoms with Gasteiger partial charge in [-0.15, -0.1) is 0 Å². The molecule has 0 saturated carbocycles. The topological polar surface area (TPSA) is 214 Å². The van der Waals surface area contributed by atoms with Crippen LogP contribution in [0.1, 0.15) is 66.9 Å². The number of piperazine rings is 1. The van der Waals surface area contributed by atoms with Gasteiger partial charge in [0.05, 0.1) is 33.3 Å². The molecule has 5 aliphatic rings. The molecule has 1 fully saturated rings. The molecule has 20 heteroatoms. The van der Waals surface area contributed by atoms with E-state index in [1.807, 2.05) is 91.9 Å². The number of carbonyl (C=O) groups excluding carboxylic acids is 1. The fourth-order valence-corrected chi connectivity index (χ4v) is 11.4. The first-order valence-electron chi connectivity index (χ1n) is 28.9. The first-order valence-corrected chi connectivity index (χ1v) is 30.7. The third-order valence-electron chi connectivity index (χ3n) is 16.2. The number of aromatic nitrogens is 3. The van der Waals surface area contributed by atoms with Gasteiger partial charge in [0.1, 0.15) is 5.75 Å². The van der Waals surface area contributed by atoms with E-state index in [9.17, 15) is 18.3 Å². The highest BCUT2D eigenvalue weighted by molar-refractivity contribution is 7.85. The van der Waals surface area contributed by atoms with Gasteiger partial charge in [0.15, 0.2) is 34.5 Å². The Labute approximate surface area is 509 Å². The minimum absolute atomic E-state index is 0.0402. The lowest BCUT2D eigenvalue weighted by atomic mass is 9.87. The number of pyridine rings is 1. The van der Waals surface area contributed by atoms with Crippen molar-refractivity contribution < 1.29 is 46.6 Å². The SMILES string of the molecule is COc1cc2c3cc1Oc1c(OC)c(OC)cc4c1[C@@H](Cc1ccc(O)c(c1)Oc1ccc(cc1)C[C@@H]3N(C)CC2)N(C)CC4.CS(=O)(=O)O.Cc1ccc(NC(=O)c2ccc(CN3CCN(C)CC3)cc2)cc1Nc1nccc(-c2cccnc2)n1. The Balaban J connectivity index is 0.000000182. The van der Waals surface area contributed by atoms with Crippen LogP contribution in [0.25, 0.3) is 11.3 Å². The van der Waals surface area contributed by atoms with Crippen LogP contribution in [0.5, 0.6) is 46.0 Å². The molecule has 6 bridgehead atoms. The molecule has 7 heterocycles. The second-order valence-electron chi connectivity index (χ2n) is 22.4. The molecule has 87 heavy (non-hydrogen) atoms. The van der Waals surface area contributed by atoms with Crippen molar-refractivity contribution in [2.45, 2.75) is 51.2 Å². The van der Waals surface area contributed by atoms with Crippen LogP contribution in [0.4, 0.5) is 17.3 Å². The molecule has 1 amide bonds. The number of anilines is 3. The predicted octanol–water partition coefficient (Wildman–Crippen LogP) is 11.0. The van der Waals surface area contributed by atoms with Gasteiger partial charge < -0.3 is 44.3 Å². The molecule has 8 aromatic rings. The summed E-state index contributed by atoms with van der Waals surface area (Å²) < 4.78 is 56.9. The van der Waals surface area contributed by atoms with Crippen LogP contribution in [0.2, 0.25) is 0 Å². The van der Waals surface area contributed by atoms with Crippen LogP contribution in [-0.4, -0.2) is 147 Å². The van der Waals surface area contributed by atoms with E-state index in [1.54, 1.807) is 46.0 Å². The molecule has 2 atom stereocenters. The number of carbonyl (C=O) groups is 1. The fourth-order valence-electron chi connectivity index (χ4n) is 11.4. The van der Waals surface area contributed by atoms with Gasteiger partial charge in [-0.2, -0.15) is 8.42 Å². The van der Waals surface area contributed by atoms with Crippen molar-refractivity contribution in [1.29, 1.82) is 0 Å². The number of aromatic hydroxyl groups is 1. The lowest BCUT2D eigenvalue weighted by molar-refractivity contribution is 0.102. The van der Waals surface area contributed by atoms with Crippen LogP contribution in [0.3, 0.4) is 0 Å². The summed E-state index contributed by atoms with van der Waals surface area (Å²) in [6.07, 6.45) is 9.19. The number of likely N-dealkylation sites (N-methyl/N-ethyl adjacent to an activating group) is 3. The van der Waals surface area contributed by atoms with Crippen molar-refractivity contribution in [3.8, 4) is 57.3 Å². The Morgan fingerprint density at radius 3 is 2.11 bits per heavy atom. The molecule has 4 N–H and O–H groups in total. The van der Waals surface area contributed by atoms with Crippen molar-refractivity contribution in [1.82, 2.24) is 34.6 Å². The van der Waals surface area contributed by atoms with Gasteiger partial charge in [-0.25, -0.2) is 9.97 Å². The molecule has 0 spiro atoms.